The van der Waals surface area contributed by atoms with Gasteiger partial charge < -0.3 is 5.11 Å². The van der Waals surface area contributed by atoms with Gasteiger partial charge in [-0.1, -0.05) is 6.07 Å². The molecule has 1 aromatic carbocycles. The van der Waals surface area contributed by atoms with Gasteiger partial charge in [0.05, 0.1) is 10.6 Å². The zero-order valence-corrected chi connectivity index (χ0v) is 9.40. The lowest BCUT2D eigenvalue weighted by Gasteiger charge is -2.00. The van der Waals surface area contributed by atoms with E-state index in [4.69, 9.17) is 5.11 Å². The number of aromatic nitrogens is 2. The van der Waals surface area contributed by atoms with Crippen LogP contribution in [0.1, 0.15) is 16.1 Å². The standard InChI is InChI=1S/C11H9N3O4/c1-7-6-13(12-10(7)11(15)16)8-3-2-4-9(5-8)14(17)18/h2-6H,1H3,(H,15,16). The number of aryl methyl sites for hydroxylation is 1. The third kappa shape index (κ3) is 2.05. The zero-order chi connectivity index (χ0) is 13.3. The Morgan fingerprint density at radius 2 is 2.22 bits per heavy atom. The molecular weight excluding hydrogens is 238 g/mol. The molecule has 2 rings (SSSR count). The smallest absolute Gasteiger partial charge is 0.356 e. The van der Waals surface area contributed by atoms with Gasteiger partial charge in [0.25, 0.3) is 5.69 Å². The third-order valence-electron chi connectivity index (χ3n) is 2.40. The number of carboxylic acids is 1. The van der Waals surface area contributed by atoms with Crippen LogP contribution in [0.15, 0.2) is 30.5 Å². The summed E-state index contributed by atoms with van der Waals surface area (Å²) >= 11 is 0. The number of non-ortho nitro benzene ring substituents is 1. The first-order valence-electron chi connectivity index (χ1n) is 5.03. The Kier molecular flexibility index (Phi) is 2.80. The summed E-state index contributed by atoms with van der Waals surface area (Å²) < 4.78 is 1.31. The summed E-state index contributed by atoms with van der Waals surface area (Å²) in [6.45, 7) is 1.62. The van der Waals surface area contributed by atoms with Crippen molar-refractivity contribution in [3.8, 4) is 5.69 Å². The molecular formula is C11H9N3O4. The van der Waals surface area contributed by atoms with Crippen molar-refractivity contribution < 1.29 is 14.8 Å². The Bertz CT molecular complexity index is 633. The van der Waals surface area contributed by atoms with Gasteiger partial charge in [-0.2, -0.15) is 5.10 Å². The number of carboxylic acid groups (broad SMARTS) is 1. The van der Waals surface area contributed by atoms with Crippen LogP contribution in [0.25, 0.3) is 5.69 Å². The average molecular weight is 247 g/mol. The predicted octanol–water partition coefficient (Wildman–Crippen LogP) is 1.79. The highest BCUT2D eigenvalue weighted by Gasteiger charge is 2.14. The molecule has 0 fully saturated rings. The molecule has 0 aliphatic rings. The lowest BCUT2D eigenvalue weighted by molar-refractivity contribution is -0.384. The number of hydrogen-bond acceptors (Lipinski definition) is 4. The Hall–Kier alpha value is -2.70. The number of nitro groups is 1. The molecule has 0 aliphatic heterocycles. The lowest BCUT2D eigenvalue weighted by atomic mass is 10.3. The van der Waals surface area contributed by atoms with Crippen LogP contribution in [0.5, 0.6) is 0 Å². The van der Waals surface area contributed by atoms with Gasteiger partial charge in [-0.05, 0) is 13.0 Å². The molecule has 0 amide bonds. The Balaban J connectivity index is 2.49. The van der Waals surface area contributed by atoms with Crippen LogP contribution in [-0.2, 0) is 0 Å². The lowest BCUT2D eigenvalue weighted by Crippen LogP contribution is -2.02. The van der Waals surface area contributed by atoms with E-state index in [0.29, 0.717) is 11.3 Å². The molecule has 0 radical (unpaired) electrons. The quantitative estimate of drug-likeness (QED) is 0.658. The molecule has 0 bridgehead atoms. The van der Waals surface area contributed by atoms with E-state index < -0.39 is 10.9 Å². The molecule has 2 aromatic rings. The summed E-state index contributed by atoms with van der Waals surface area (Å²) in [6.07, 6.45) is 1.52. The van der Waals surface area contributed by atoms with Crippen molar-refractivity contribution >= 4 is 11.7 Å². The van der Waals surface area contributed by atoms with Gasteiger partial charge in [0, 0.05) is 23.9 Å². The number of nitro benzene ring substituents is 1. The molecule has 92 valence electrons. The number of rotatable bonds is 3. The summed E-state index contributed by atoms with van der Waals surface area (Å²) in [6, 6.07) is 5.83. The minimum atomic E-state index is -1.13. The van der Waals surface area contributed by atoms with Gasteiger partial charge in [0.15, 0.2) is 5.69 Å². The van der Waals surface area contributed by atoms with E-state index >= 15 is 0 Å². The maximum Gasteiger partial charge on any atom is 0.356 e. The SMILES string of the molecule is Cc1cn(-c2cccc([N+](=O)[O-])c2)nc1C(=O)O. The van der Waals surface area contributed by atoms with E-state index in [0.717, 1.165) is 0 Å². The van der Waals surface area contributed by atoms with Crippen LogP contribution in [0, 0.1) is 17.0 Å². The van der Waals surface area contributed by atoms with Crippen LogP contribution in [0.4, 0.5) is 5.69 Å². The average Bonchev–Trinajstić information content (AvgIpc) is 2.71. The van der Waals surface area contributed by atoms with Crippen LogP contribution in [-0.4, -0.2) is 25.8 Å². The van der Waals surface area contributed by atoms with E-state index in [1.807, 2.05) is 0 Å². The molecule has 0 atom stereocenters. The van der Waals surface area contributed by atoms with Crippen molar-refractivity contribution in [2.45, 2.75) is 6.92 Å². The molecule has 0 saturated heterocycles. The topological polar surface area (TPSA) is 98.3 Å². The third-order valence-corrected chi connectivity index (χ3v) is 2.40. The fraction of sp³-hybridized carbons (Fsp3) is 0.0909. The summed E-state index contributed by atoms with van der Waals surface area (Å²) in [4.78, 5) is 21.0. The van der Waals surface area contributed by atoms with Gasteiger partial charge in [0.1, 0.15) is 0 Å². The number of nitrogens with zero attached hydrogens (tertiary/aromatic N) is 3. The Morgan fingerprint density at radius 3 is 2.78 bits per heavy atom. The van der Waals surface area contributed by atoms with Crippen LogP contribution in [0.3, 0.4) is 0 Å². The van der Waals surface area contributed by atoms with Gasteiger partial charge in [-0.25, -0.2) is 9.48 Å². The Labute approximate surface area is 101 Å². The van der Waals surface area contributed by atoms with E-state index in [1.54, 1.807) is 13.0 Å². The summed E-state index contributed by atoms with van der Waals surface area (Å²) in [5.74, 6) is -1.13. The van der Waals surface area contributed by atoms with Gasteiger partial charge in [-0.15, -0.1) is 0 Å². The molecule has 7 heteroatoms. The molecule has 1 aromatic heterocycles. The predicted molar refractivity (Wildman–Crippen MR) is 61.9 cm³/mol. The first-order chi connectivity index (χ1) is 8.49. The summed E-state index contributed by atoms with van der Waals surface area (Å²) in [5, 5.41) is 23.4. The van der Waals surface area contributed by atoms with Gasteiger partial charge >= 0.3 is 5.97 Å². The maximum atomic E-state index is 10.9. The van der Waals surface area contributed by atoms with E-state index in [1.165, 1.54) is 29.1 Å². The van der Waals surface area contributed by atoms with Crippen molar-refractivity contribution in [1.82, 2.24) is 9.78 Å². The normalized spacial score (nSPS) is 10.3. The summed E-state index contributed by atoms with van der Waals surface area (Å²) in [5.41, 5.74) is 0.799. The van der Waals surface area contributed by atoms with Crippen molar-refractivity contribution in [2.75, 3.05) is 0 Å². The second-order valence-corrected chi connectivity index (χ2v) is 3.69. The van der Waals surface area contributed by atoms with Crippen LogP contribution < -0.4 is 0 Å². The maximum absolute atomic E-state index is 10.9. The number of hydrogen-bond donors (Lipinski definition) is 1. The zero-order valence-electron chi connectivity index (χ0n) is 9.40. The minimum Gasteiger partial charge on any atom is -0.476 e. The fourth-order valence-corrected chi connectivity index (χ4v) is 1.55. The molecule has 1 N–H and O–H groups in total. The number of carbonyl (C=O) groups is 1. The van der Waals surface area contributed by atoms with Crippen molar-refractivity contribution in [3.05, 3.63) is 51.8 Å². The van der Waals surface area contributed by atoms with Crippen LogP contribution in [0.2, 0.25) is 0 Å². The van der Waals surface area contributed by atoms with E-state index in [2.05, 4.69) is 5.10 Å². The van der Waals surface area contributed by atoms with Gasteiger partial charge in [0.2, 0.25) is 0 Å². The van der Waals surface area contributed by atoms with E-state index in [9.17, 15) is 14.9 Å². The molecule has 0 spiro atoms. The van der Waals surface area contributed by atoms with Crippen molar-refractivity contribution in [3.63, 3.8) is 0 Å². The number of aromatic carboxylic acids is 1. The molecule has 1 heterocycles. The number of benzene rings is 1. The minimum absolute atomic E-state index is 0.0680. The first-order valence-corrected chi connectivity index (χ1v) is 5.03. The Morgan fingerprint density at radius 1 is 1.50 bits per heavy atom. The highest BCUT2D eigenvalue weighted by atomic mass is 16.6. The van der Waals surface area contributed by atoms with Crippen molar-refractivity contribution in [1.29, 1.82) is 0 Å². The van der Waals surface area contributed by atoms with Gasteiger partial charge in [-0.3, -0.25) is 10.1 Å². The largest absolute Gasteiger partial charge is 0.476 e. The fourth-order valence-electron chi connectivity index (χ4n) is 1.55. The van der Waals surface area contributed by atoms with Crippen molar-refractivity contribution in [2.24, 2.45) is 0 Å². The van der Waals surface area contributed by atoms with E-state index in [-0.39, 0.29) is 11.4 Å². The second-order valence-electron chi connectivity index (χ2n) is 3.69. The molecule has 7 nitrogen and oxygen atoms in total. The molecule has 0 unspecified atom stereocenters. The molecule has 0 saturated carbocycles. The second kappa shape index (κ2) is 4.28. The highest BCUT2D eigenvalue weighted by molar-refractivity contribution is 5.86. The summed E-state index contributed by atoms with van der Waals surface area (Å²) in [7, 11) is 0. The molecule has 0 aliphatic carbocycles. The molecule has 18 heavy (non-hydrogen) atoms. The van der Waals surface area contributed by atoms with Crippen LogP contribution >= 0.6 is 0 Å². The first kappa shape index (κ1) is 11.8. The monoisotopic (exact) mass is 247 g/mol. The highest BCUT2D eigenvalue weighted by Crippen LogP contribution is 2.17.